The summed E-state index contributed by atoms with van der Waals surface area (Å²) in [6.07, 6.45) is -1.07. The fraction of sp³-hybridized carbons (Fsp3) is 0.176. The van der Waals surface area contributed by atoms with Gasteiger partial charge in [-0.2, -0.15) is 5.26 Å². The number of nitrogens with zero attached hydrogens (tertiary/aromatic N) is 1. The fourth-order valence-electron chi connectivity index (χ4n) is 1.86. The van der Waals surface area contributed by atoms with E-state index >= 15 is 0 Å². The van der Waals surface area contributed by atoms with Crippen molar-refractivity contribution < 1.29 is 19.1 Å². The molecular weight excluding hydrogens is 422 g/mol. The van der Waals surface area contributed by atoms with Crippen molar-refractivity contribution in [2.75, 3.05) is 11.9 Å². The number of benzene rings is 1. The van der Waals surface area contributed by atoms with E-state index in [-0.39, 0.29) is 6.54 Å². The first-order valence-electron chi connectivity index (χ1n) is 7.42. The molecule has 2 amide bonds. The molecule has 1 heterocycles. The lowest BCUT2D eigenvalue weighted by Gasteiger charge is -2.13. The third-order valence-corrected chi connectivity index (χ3v) is 4.56. The summed E-state index contributed by atoms with van der Waals surface area (Å²) < 4.78 is 5.82. The molecule has 0 aliphatic carbocycles. The molecule has 1 unspecified atom stereocenters. The Morgan fingerprint density at radius 3 is 2.62 bits per heavy atom. The summed E-state index contributed by atoms with van der Waals surface area (Å²) in [5.41, 5.74) is 0.733. The minimum absolute atomic E-state index is 0.337. The highest BCUT2D eigenvalue weighted by Gasteiger charge is 2.20. The predicted octanol–water partition coefficient (Wildman–Crippen LogP) is 2.68. The number of anilines is 1. The van der Waals surface area contributed by atoms with Gasteiger partial charge in [-0.25, -0.2) is 0 Å². The second kappa shape index (κ2) is 9.12. The lowest BCUT2D eigenvalue weighted by molar-refractivity contribution is -0.152. The van der Waals surface area contributed by atoms with Gasteiger partial charge in [0.25, 0.3) is 11.8 Å². The van der Waals surface area contributed by atoms with Gasteiger partial charge in [0.05, 0.1) is 5.56 Å². The van der Waals surface area contributed by atoms with Crippen molar-refractivity contribution in [3.63, 3.8) is 0 Å². The van der Waals surface area contributed by atoms with Gasteiger partial charge in [-0.3, -0.25) is 14.4 Å². The minimum Gasteiger partial charge on any atom is -0.451 e. The number of halogens is 1. The molecule has 7 nitrogen and oxygen atoms in total. The van der Waals surface area contributed by atoms with Gasteiger partial charge in [0.1, 0.15) is 17.6 Å². The van der Waals surface area contributed by atoms with Crippen LogP contribution in [0, 0.1) is 11.3 Å². The van der Waals surface area contributed by atoms with E-state index in [1.165, 1.54) is 18.3 Å². The van der Waals surface area contributed by atoms with Gasteiger partial charge >= 0.3 is 5.97 Å². The highest BCUT2D eigenvalue weighted by Crippen LogP contribution is 2.22. The van der Waals surface area contributed by atoms with Crippen molar-refractivity contribution in [2.45, 2.75) is 13.0 Å². The van der Waals surface area contributed by atoms with E-state index in [4.69, 9.17) is 10.00 Å². The maximum Gasteiger partial charge on any atom is 0.326 e. The van der Waals surface area contributed by atoms with Gasteiger partial charge in [-0.05, 0) is 42.6 Å². The Morgan fingerprint density at radius 2 is 1.96 bits per heavy atom. The molecule has 0 radical (unpaired) electrons. The number of rotatable bonds is 6. The number of nitrogens with one attached hydrogen (secondary N) is 2. The molecule has 1 aromatic carbocycles. The van der Waals surface area contributed by atoms with Crippen LogP contribution in [0.4, 0.5) is 5.00 Å². The molecule has 134 valence electrons. The molecule has 2 rings (SSSR count). The second-order valence-corrected chi connectivity index (χ2v) is 6.92. The average Bonchev–Trinajstić information content (AvgIpc) is 3.07. The number of carbonyl (C=O) groups excluding carboxylic acids is 3. The largest absolute Gasteiger partial charge is 0.451 e. The van der Waals surface area contributed by atoms with Crippen LogP contribution in [0.3, 0.4) is 0 Å². The maximum atomic E-state index is 12.0. The molecule has 0 fully saturated rings. The first-order chi connectivity index (χ1) is 12.4. The molecule has 9 heteroatoms. The number of amides is 2. The summed E-state index contributed by atoms with van der Waals surface area (Å²) in [7, 11) is 0. The number of nitriles is 1. The zero-order valence-corrected chi connectivity index (χ0v) is 16.0. The van der Waals surface area contributed by atoms with Crippen LogP contribution in [0.1, 0.15) is 22.8 Å². The third-order valence-electron chi connectivity index (χ3n) is 3.20. The molecule has 0 aliphatic heterocycles. The molecule has 0 saturated carbocycles. The highest BCUT2D eigenvalue weighted by molar-refractivity contribution is 9.10. The minimum atomic E-state index is -1.07. The van der Waals surface area contributed by atoms with Gasteiger partial charge in [0, 0.05) is 10.0 Å². The maximum absolute atomic E-state index is 12.0. The van der Waals surface area contributed by atoms with E-state index in [9.17, 15) is 14.4 Å². The van der Waals surface area contributed by atoms with E-state index in [1.54, 1.807) is 35.7 Å². The van der Waals surface area contributed by atoms with Crippen molar-refractivity contribution in [1.82, 2.24) is 5.32 Å². The molecule has 0 bridgehead atoms. The number of ether oxygens (including phenoxy) is 1. The highest BCUT2D eigenvalue weighted by atomic mass is 79.9. The number of thiophene rings is 1. The molecule has 1 atom stereocenters. The standard InChI is InChI=1S/C17H14BrN3O4S/c1-10(15(23)21-17-12(8-19)6-7-26-17)25-14(22)9-20-16(24)11-2-4-13(18)5-3-11/h2-7,10H,9H2,1H3,(H,20,24)(H,21,23). The normalized spacial score (nSPS) is 11.1. The third kappa shape index (κ3) is 5.40. The van der Waals surface area contributed by atoms with Gasteiger partial charge < -0.3 is 15.4 Å². The lowest BCUT2D eigenvalue weighted by Crippen LogP contribution is -2.35. The van der Waals surface area contributed by atoms with E-state index in [2.05, 4.69) is 26.6 Å². The lowest BCUT2D eigenvalue weighted by atomic mass is 10.2. The van der Waals surface area contributed by atoms with Crippen molar-refractivity contribution in [3.05, 3.63) is 51.3 Å². The Kier molecular flexibility index (Phi) is 6.89. The van der Waals surface area contributed by atoms with Crippen LogP contribution < -0.4 is 10.6 Å². The Balaban J connectivity index is 1.81. The number of esters is 1. The number of carbonyl (C=O) groups is 3. The summed E-state index contributed by atoms with van der Waals surface area (Å²) in [5, 5.41) is 15.9. The summed E-state index contributed by atoms with van der Waals surface area (Å²) in [5.74, 6) is -1.73. The van der Waals surface area contributed by atoms with E-state index in [0.29, 0.717) is 16.1 Å². The summed E-state index contributed by atoms with van der Waals surface area (Å²) in [6.45, 7) is 1.04. The van der Waals surface area contributed by atoms with E-state index < -0.39 is 23.9 Å². The number of hydrogen-bond donors (Lipinski definition) is 2. The van der Waals surface area contributed by atoms with Crippen LogP contribution in [-0.2, 0) is 14.3 Å². The van der Waals surface area contributed by atoms with Gasteiger partial charge in [0.2, 0.25) is 0 Å². The van der Waals surface area contributed by atoms with E-state index in [1.807, 2.05) is 6.07 Å². The first kappa shape index (κ1) is 19.6. The van der Waals surface area contributed by atoms with Crippen molar-refractivity contribution in [2.24, 2.45) is 0 Å². The van der Waals surface area contributed by atoms with Crippen molar-refractivity contribution >= 4 is 50.1 Å². The Bertz CT molecular complexity index is 858. The SMILES string of the molecule is CC(OC(=O)CNC(=O)c1ccc(Br)cc1)C(=O)Nc1sccc1C#N. The topological polar surface area (TPSA) is 108 Å². The summed E-state index contributed by atoms with van der Waals surface area (Å²) in [6, 6.07) is 10.2. The monoisotopic (exact) mass is 435 g/mol. The van der Waals surface area contributed by atoms with Crippen LogP contribution in [0.2, 0.25) is 0 Å². The molecule has 0 saturated heterocycles. The Labute approximate surface area is 162 Å². The smallest absolute Gasteiger partial charge is 0.326 e. The average molecular weight is 436 g/mol. The van der Waals surface area contributed by atoms with Gasteiger partial charge in [0.15, 0.2) is 6.10 Å². The van der Waals surface area contributed by atoms with Crippen LogP contribution in [0.5, 0.6) is 0 Å². The summed E-state index contributed by atoms with van der Waals surface area (Å²) >= 11 is 4.46. The molecular formula is C17H14BrN3O4S. The predicted molar refractivity (Wildman–Crippen MR) is 99.7 cm³/mol. The quantitative estimate of drug-likeness (QED) is 0.677. The molecule has 2 aromatic rings. The number of hydrogen-bond acceptors (Lipinski definition) is 6. The Hall–Kier alpha value is -2.70. The first-order valence-corrected chi connectivity index (χ1v) is 9.09. The molecule has 0 aliphatic rings. The zero-order chi connectivity index (χ0) is 19.1. The van der Waals surface area contributed by atoms with E-state index in [0.717, 1.165) is 4.47 Å². The molecule has 26 heavy (non-hydrogen) atoms. The van der Waals surface area contributed by atoms with Gasteiger partial charge in [-0.15, -0.1) is 11.3 Å². The molecule has 1 aromatic heterocycles. The zero-order valence-electron chi connectivity index (χ0n) is 13.6. The Morgan fingerprint density at radius 1 is 1.27 bits per heavy atom. The van der Waals surface area contributed by atoms with Gasteiger partial charge in [-0.1, -0.05) is 15.9 Å². The second-order valence-electron chi connectivity index (χ2n) is 5.09. The van der Waals surface area contributed by atoms with Crippen LogP contribution >= 0.6 is 27.3 Å². The molecule has 2 N–H and O–H groups in total. The van der Waals surface area contributed by atoms with Crippen LogP contribution in [-0.4, -0.2) is 30.4 Å². The molecule has 0 spiro atoms. The van der Waals surface area contributed by atoms with Crippen molar-refractivity contribution in [3.8, 4) is 6.07 Å². The van der Waals surface area contributed by atoms with Crippen molar-refractivity contribution in [1.29, 1.82) is 5.26 Å². The van der Waals surface area contributed by atoms with Crippen LogP contribution in [0.15, 0.2) is 40.2 Å². The fourth-order valence-corrected chi connectivity index (χ4v) is 2.86. The summed E-state index contributed by atoms with van der Waals surface area (Å²) in [4.78, 5) is 35.7. The van der Waals surface area contributed by atoms with Crippen LogP contribution in [0.25, 0.3) is 0 Å².